The predicted molar refractivity (Wildman–Crippen MR) is 77.7 cm³/mol. The van der Waals surface area contributed by atoms with Gasteiger partial charge in [0.15, 0.2) is 0 Å². The second-order valence-corrected chi connectivity index (χ2v) is 7.11. The minimum absolute atomic E-state index is 0.383. The Morgan fingerprint density at radius 2 is 2.05 bits per heavy atom. The van der Waals surface area contributed by atoms with Gasteiger partial charge in [-0.3, -0.25) is 0 Å². The van der Waals surface area contributed by atoms with E-state index < -0.39 is 9.04 Å². The number of rotatable bonds is 10. The smallest absolute Gasteiger partial charge is 0.208 e. The zero-order chi connectivity index (χ0) is 13.3. The molecule has 1 saturated heterocycles. The van der Waals surface area contributed by atoms with Crippen molar-refractivity contribution >= 4 is 9.04 Å². The summed E-state index contributed by atoms with van der Waals surface area (Å²) >= 11 is 0. The van der Waals surface area contributed by atoms with Gasteiger partial charge in [0.25, 0.3) is 0 Å². The Morgan fingerprint density at radius 3 is 2.79 bits per heavy atom. The van der Waals surface area contributed by atoms with Crippen LogP contribution in [0, 0.1) is 0 Å². The lowest BCUT2D eigenvalue weighted by Crippen LogP contribution is -2.16. The second kappa shape index (κ2) is 8.48. The molecule has 0 aromatic heterocycles. The number of epoxide rings is 1. The lowest BCUT2D eigenvalue weighted by Gasteiger charge is -2.11. The average molecular weight is 279 g/mol. The number of hydrogen-bond donors (Lipinski definition) is 0. The summed E-state index contributed by atoms with van der Waals surface area (Å²) in [4.78, 5) is 0. The summed E-state index contributed by atoms with van der Waals surface area (Å²) in [6.07, 6.45) is 2.50. The Labute approximate surface area is 117 Å². The molecule has 1 aliphatic heterocycles. The maximum absolute atomic E-state index is 5.91. The molecule has 1 aromatic carbocycles. The Morgan fingerprint density at radius 1 is 1.26 bits per heavy atom. The van der Waals surface area contributed by atoms with Gasteiger partial charge < -0.3 is 13.9 Å². The first-order valence-electron chi connectivity index (χ1n) is 7.03. The Hall–Kier alpha value is -0.683. The molecule has 0 spiro atoms. The van der Waals surface area contributed by atoms with E-state index in [1.165, 1.54) is 5.56 Å². The van der Waals surface area contributed by atoms with Gasteiger partial charge in [-0.15, -0.1) is 0 Å². The van der Waals surface area contributed by atoms with Crippen LogP contribution >= 0.6 is 0 Å². The van der Waals surface area contributed by atoms with E-state index in [0.717, 1.165) is 45.3 Å². The van der Waals surface area contributed by atoms with Gasteiger partial charge in [-0.25, -0.2) is 0 Å². The van der Waals surface area contributed by atoms with Gasteiger partial charge in [0.2, 0.25) is 9.04 Å². The van der Waals surface area contributed by atoms with Crippen LogP contribution in [0.2, 0.25) is 12.6 Å². The predicted octanol–water partition coefficient (Wildman–Crippen LogP) is 2.67. The van der Waals surface area contributed by atoms with Gasteiger partial charge in [-0.1, -0.05) is 30.3 Å². The molecule has 4 heteroatoms. The largest absolute Gasteiger partial charge is 0.417 e. The van der Waals surface area contributed by atoms with Crippen LogP contribution in [-0.2, 0) is 20.3 Å². The summed E-state index contributed by atoms with van der Waals surface area (Å²) in [7, 11) is -0.655. The Bertz CT molecular complexity index is 341. The molecule has 1 aliphatic rings. The summed E-state index contributed by atoms with van der Waals surface area (Å²) in [5, 5.41) is 0. The molecule has 0 N–H and O–H groups in total. The first kappa shape index (κ1) is 14.7. The molecular weight excluding hydrogens is 256 g/mol. The summed E-state index contributed by atoms with van der Waals surface area (Å²) in [5.74, 6) is 0. The van der Waals surface area contributed by atoms with Crippen molar-refractivity contribution in [3.8, 4) is 0 Å². The van der Waals surface area contributed by atoms with Gasteiger partial charge in [-0.2, -0.15) is 0 Å². The molecule has 0 aliphatic carbocycles. The fraction of sp³-hybridized carbons (Fsp3) is 0.600. The van der Waals surface area contributed by atoms with Crippen LogP contribution in [0.15, 0.2) is 30.3 Å². The normalized spacial score (nSPS) is 17.9. The van der Waals surface area contributed by atoms with E-state index in [9.17, 15) is 0 Å². The molecule has 1 radical (unpaired) electrons. The molecule has 1 fully saturated rings. The van der Waals surface area contributed by atoms with Crippen molar-refractivity contribution in [2.45, 2.75) is 31.5 Å². The van der Waals surface area contributed by atoms with Crippen LogP contribution in [0.25, 0.3) is 0 Å². The van der Waals surface area contributed by atoms with Gasteiger partial charge in [0.05, 0.1) is 13.2 Å². The summed E-state index contributed by atoms with van der Waals surface area (Å²) in [6.45, 7) is 5.56. The van der Waals surface area contributed by atoms with E-state index in [1.54, 1.807) is 0 Å². The Balaban J connectivity index is 1.43. The molecule has 3 nitrogen and oxygen atoms in total. The van der Waals surface area contributed by atoms with E-state index in [2.05, 4.69) is 30.8 Å². The van der Waals surface area contributed by atoms with Crippen LogP contribution < -0.4 is 0 Å². The van der Waals surface area contributed by atoms with Crippen LogP contribution in [0.5, 0.6) is 0 Å². The van der Waals surface area contributed by atoms with Crippen LogP contribution in [-0.4, -0.2) is 41.6 Å². The van der Waals surface area contributed by atoms with Crippen molar-refractivity contribution < 1.29 is 13.9 Å². The minimum atomic E-state index is -0.655. The van der Waals surface area contributed by atoms with E-state index >= 15 is 0 Å². The molecule has 1 unspecified atom stereocenters. The number of benzene rings is 1. The zero-order valence-corrected chi connectivity index (χ0v) is 12.6. The Kier molecular flexibility index (Phi) is 6.57. The average Bonchev–Trinajstić information content (AvgIpc) is 3.24. The SMILES string of the molecule is C[Si](CCCOCC1CO1)OCCc1ccccc1. The zero-order valence-electron chi connectivity index (χ0n) is 11.6. The fourth-order valence-electron chi connectivity index (χ4n) is 1.86. The van der Waals surface area contributed by atoms with Crippen LogP contribution in [0.3, 0.4) is 0 Å². The molecule has 1 heterocycles. The number of ether oxygens (including phenoxy) is 2. The first-order valence-corrected chi connectivity index (χ1v) is 9.14. The van der Waals surface area contributed by atoms with E-state index in [0.29, 0.717) is 6.10 Å². The van der Waals surface area contributed by atoms with Crippen molar-refractivity contribution in [1.29, 1.82) is 0 Å². The third-order valence-electron chi connectivity index (χ3n) is 3.11. The molecule has 0 saturated carbocycles. The van der Waals surface area contributed by atoms with E-state index in [1.807, 2.05) is 6.07 Å². The molecular formula is C15H23O3Si. The van der Waals surface area contributed by atoms with Crippen molar-refractivity contribution in [3.05, 3.63) is 35.9 Å². The van der Waals surface area contributed by atoms with Gasteiger partial charge in [0, 0.05) is 13.2 Å². The first-order chi connectivity index (χ1) is 9.34. The monoisotopic (exact) mass is 279 g/mol. The van der Waals surface area contributed by atoms with Gasteiger partial charge in [0.1, 0.15) is 6.10 Å². The highest BCUT2D eigenvalue weighted by Crippen LogP contribution is 2.09. The minimum Gasteiger partial charge on any atom is -0.417 e. The molecule has 105 valence electrons. The van der Waals surface area contributed by atoms with Crippen LogP contribution in [0.1, 0.15) is 12.0 Å². The highest BCUT2D eigenvalue weighted by atomic mass is 28.3. The molecule has 0 bridgehead atoms. The summed E-state index contributed by atoms with van der Waals surface area (Å²) in [5.41, 5.74) is 1.35. The van der Waals surface area contributed by atoms with Crippen LogP contribution in [0.4, 0.5) is 0 Å². The highest BCUT2D eigenvalue weighted by Gasteiger charge is 2.22. The molecule has 0 amide bonds. The number of hydrogen-bond acceptors (Lipinski definition) is 3. The standard InChI is InChI=1S/C15H23O3Si/c1-19(11-5-9-16-12-15-13-17-15)18-10-8-14-6-3-2-4-7-14/h2-4,6-7,15H,5,8-13H2,1H3. The highest BCUT2D eigenvalue weighted by molar-refractivity contribution is 6.50. The topological polar surface area (TPSA) is 31.0 Å². The third kappa shape index (κ3) is 6.87. The molecule has 1 atom stereocenters. The second-order valence-electron chi connectivity index (χ2n) is 4.92. The maximum Gasteiger partial charge on any atom is 0.208 e. The van der Waals surface area contributed by atoms with Crippen molar-refractivity contribution in [2.24, 2.45) is 0 Å². The van der Waals surface area contributed by atoms with Crippen molar-refractivity contribution in [2.75, 3.05) is 26.4 Å². The lowest BCUT2D eigenvalue weighted by atomic mass is 10.2. The summed E-state index contributed by atoms with van der Waals surface area (Å²) < 4.78 is 16.5. The molecule has 19 heavy (non-hydrogen) atoms. The van der Waals surface area contributed by atoms with Gasteiger partial charge in [-0.05, 0) is 31.0 Å². The van der Waals surface area contributed by atoms with Gasteiger partial charge >= 0.3 is 0 Å². The van der Waals surface area contributed by atoms with E-state index in [4.69, 9.17) is 13.9 Å². The lowest BCUT2D eigenvalue weighted by molar-refractivity contribution is 0.116. The molecule has 2 rings (SSSR count). The molecule has 1 aromatic rings. The maximum atomic E-state index is 5.91. The quantitative estimate of drug-likeness (QED) is 0.375. The summed E-state index contributed by atoms with van der Waals surface area (Å²) in [6, 6.07) is 11.7. The fourth-order valence-corrected chi connectivity index (χ4v) is 3.10. The van der Waals surface area contributed by atoms with E-state index in [-0.39, 0.29) is 0 Å². The third-order valence-corrected chi connectivity index (χ3v) is 4.86. The van der Waals surface area contributed by atoms with Crippen molar-refractivity contribution in [1.82, 2.24) is 0 Å². The van der Waals surface area contributed by atoms with Crippen molar-refractivity contribution in [3.63, 3.8) is 0 Å².